The van der Waals surface area contributed by atoms with Gasteiger partial charge in [0.2, 0.25) is 0 Å². The number of rotatable bonds is 4. The van der Waals surface area contributed by atoms with Crippen LogP contribution in [0.25, 0.3) is 0 Å². The molecule has 0 aromatic heterocycles. The molecule has 2 N–H and O–H groups in total. The van der Waals surface area contributed by atoms with Crippen molar-refractivity contribution in [3.8, 4) is 5.75 Å². The molecule has 0 saturated carbocycles. The number of benzene rings is 1. The van der Waals surface area contributed by atoms with Gasteiger partial charge in [-0.25, -0.2) is 0 Å². The van der Waals surface area contributed by atoms with E-state index in [1.54, 1.807) is 7.11 Å². The van der Waals surface area contributed by atoms with Crippen molar-refractivity contribution in [1.82, 2.24) is 0 Å². The summed E-state index contributed by atoms with van der Waals surface area (Å²) in [5.74, 6) is 1.86. The van der Waals surface area contributed by atoms with Gasteiger partial charge in [-0.05, 0) is 24.1 Å². The van der Waals surface area contributed by atoms with Crippen LogP contribution in [0.1, 0.15) is 25.3 Å². The first-order chi connectivity index (χ1) is 6.70. The van der Waals surface area contributed by atoms with E-state index in [9.17, 15) is 0 Å². The molecule has 0 aliphatic rings. The van der Waals surface area contributed by atoms with E-state index in [1.165, 1.54) is 5.56 Å². The number of hydrogen-bond donors (Lipinski definition) is 1. The number of ether oxygens (including phenoxy) is 1. The molecule has 0 radical (unpaired) electrons. The smallest absolute Gasteiger partial charge is 0.122 e. The average Bonchev–Trinajstić information content (AvgIpc) is 2.19. The standard InChI is InChI=1S/C12H19NO/c1-9(2)11(8-13)10-6-4-5-7-12(10)14-3/h4-7,9,11H,8,13H2,1-3H3. The fourth-order valence-electron chi connectivity index (χ4n) is 1.73. The first-order valence-corrected chi connectivity index (χ1v) is 5.03. The lowest BCUT2D eigenvalue weighted by molar-refractivity contribution is 0.395. The lowest BCUT2D eigenvalue weighted by Crippen LogP contribution is -2.18. The summed E-state index contributed by atoms with van der Waals surface area (Å²) in [6.45, 7) is 5.03. The molecule has 0 saturated heterocycles. The maximum Gasteiger partial charge on any atom is 0.122 e. The van der Waals surface area contributed by atoms with Crippen LogP contribution in [0.2, 0.25) is 0 Å². The summed E-state index contributed by atoms with van der Waals surface area (Å²) in [5.41, 5.74) is 6.99. The number of para-hydroxylation sites is 1. The van der Waals surface area contributed by atoms with E-state index < -0.39 is 0 Å². The number of hydrogen-bond acceptors (Lipinski definition) is 2. The van der Waals surface area contributed by atoms with Crippen molar-refractivity contribution < 1.29 is 4.74 Å². The topological polar surface area (TPSA) is 35.2 Å². The third-order valence-corrected chi connectivity index (χ3v) is 2.60. The van der Waals surface area contributed by atoms with Crippen molar-refractivity contribution in [2.45, 2.75) is 19.8 Å². The van der Waals surface area contributed by atoms with Crippen LogP contribution in [0.5, 0.6) is 5.75 Å². The zero-order valence-electron chi connectivity index (χ0n) is 9.16. The second-order valence-corrected chi connectivity index (χ2v) is 3.83. The van der Waals surface area contributed by atoms with Crippen LogP contribution in [-0.4, -0.2) is 13.7 Å². The fourth-order valence-corrected chi connectivity index (χ4v) is 1.73. The Kier molecular flexibility index (Phi) is 3.96. The highest BCUT2D eigenvalue weighted by atomic mass is 16.5. The van der Waals surface area contributed by atoms with Gasteiger partial charge in [0.1, 0.15) is 5.75 Å². The van der Waals surface area contributed by atoms with Crippen LogP contribution in [0, 0.1) is 5.92 Å². The Morgan fingerprint density at radius 1 is 1.29 bits per heavy atom. The molecule has 0 spiro atoms. The zero-order valence-corrected chi connectivity index (χ0v) is 9.16. The second kappa shape index (κ2) is 5.01. The van der Waals surface area contributed by atoms with Crippen molar-refractivity contribution in [2.24, 2.45) is 11.7 Å². The molecule has 0 aliphatic heterocycles. The van der Waals surface area contributed by atoms with Gasteiger partial charge in [-0.2, -0.15) is 0 Å². The Labute approximate surface area is 86.1 Å². The summed E-state index contributed by atoms with van der Waals surface area (Å²) in [4.78, 5) is 0. The van der Waals surface area contributed by atoms with Crippen molar-refractivity contribution in [2.75, 3.05) is 13.7 Å². The number of nitrogens with two attached hydrogens (primary N) is 1. The third kappa shape index (κ3) is 2.26. The van der Waals surface area contributed by atoms with Gasteiger partial charge in [0.15, 0.2) is 0 Å². The van der Waals surface area contributed by atoms with Gasteiger partial charge < -0.3 is 10.5 Å². The van der Waals surface area contributed by atoms with Crippen LogP contribution < -0.4 is 10.5 Å². The molecule has 0 bridgehead atoms. The first kappa shape index (κ1) is 11.1. The predicted octanol–water partition coefficient (Wildman–Crippen LogP) is 2.39. The minimum atomic E-state index is 0.381. The van der Waals surface area contributed by atoms with E-state index in [4.69, 9.17) is 10.5 Å². The van der Waals surface area contributed by atoms with Crippen LogP contribution in [-0.2, 0) is 0 Å². The van der Waals surface area contributed by atoms with Gasteiger partial charge in [0.05, 0.1) is 7.11 Å². The molecule has 0 aliphatic carbocycles. The van der Waals surface area contributed by atoms with Crippen molar-refractivity contribution in [3.05, 3.63) is 29.8 Å². The molecule has 1 aromatic rings. The normalized spacial score (nSPS) is 12.9. The van der Waals surface area contributed by atoms with Crippen molar-refractivity contribution >= 4 is 0 Å². The first-order valence-electron chi connectivity index (χ1n) is 5.03. The van der Waals surface area contributed by atoms with E-state index in [0.717, 1.165) is 5.75 Å². The Hall–Kier alpha value is -1.02. The molecule has 78 valence electrons. The highest BCUT2D eigenvalue weighted by molar-refractivity contribution is 5.36. The molecule has 1 atom stereocenters. The highest BCUT2D eigenvalue weighted by Crippen LogP contribution is 2.30. The summed E-state index contributed by atoms with van der Waals surface area (Å²) < 4.78 is 5.32. The molecule has 0 fully saturated rings. The van der Waals surface area contributed by atoms with E-state index in [2.05, 4.69) is 19.9 Å². The second-order valence-electron chi connectivity index (χ2n) is 3.83. The molecule has 14 heavy (non-hydrogen) atoms. The average molecular weight is 193 g/mol. The maximum absolute atomic E-state index is 5.77. The summed E-state index contributed by atoms with van der Waals surface area (Å²) in [6.07, 6.45) is 0. The molecular weight excluding hydrogens is 174 g/mol. The van der Waals surface area contributed by atoms with Gasteiger partial charge in [-0.15, -0.1) is 0 Å². The zero-order chi connectivity index (χ0) is 10.6. The van der Waals surface area contributed by atoms with E-state index in [1.807, 2.05) is 18.2 Å². The summed E-state index contributed by atoms with van der Waals surface area (Å²) in [5, 5.41) is 0. The maximum atomic E-state index is 5.77. The molecule has 0 heterocycles. The Morgan fingerprint density at radius 3 is 2.43 bits per heavy atom. The third-order valence-electron chi connectivity index (χ3n) is 2.60. The minimum absolute atomic E-state index is 0.381. The van der Waals surface area contributed by atoms with Gasteiger partial charge >= 0.3 is 0 Å². The summed E-state index contributed by atoms with van der Waals surface area (Å²) in [7, 11) is 1.70. The van der Waals surface area contributed by atoms with Gasteiger partial charge in [0, 0.05) is 5.92 Å². The van der Waals surface area contributed by atoms with E-state index >= 15 is 0 Å². The van der Waals surface area contributed by atoms with Gasteiger partial charge in [-0.1, -0.05) is 32.0 Å². The van der Waals surface area contributed by atoms with Crippen LogP contribution in [0.15, 0.2) is 24.3 Å². The Balaban J connectivity index is 3.02. The van der Waals surface area contributed by atoms with Crippen LogP contribution >= 0.6 is 0 Å². The minimum Gasteiger partial charge on any atom is -0.496 e. The lowest BCUT2D eigenvalue weighted by atomic mass is 9.88. The molecule has 0 amide bonds. The SMILES string of the molecule is COc1ccccc1C(CN)C(C)C. The molecular formula is C12H19NO. The van der Waals surface area contributed by atoms with Crippen molar-refractivity contribution in [1.29, 1.82) is 0 Å². The molecule has 1 rings (SSSR count). The number of methoxy groups -OCH3 is 1. The van der Waals surface area contributed by atoms with Crippen molar-refractivity contribution in [3.63, 3.8) is 0 Å². The van der Waals surface area contributed by atoms with Gasteiger partial charge in [0.25, 0.3) is 0 Å². The molecule has 2 nitrogen and oxygen atoms in total. The van der Waals surface area contributed by atoms with E-state index in [0.29, 0.717) is 18.4 Å². The predicted molar refractivity (Wildman–Crippen MR) is 59.6 cm³/mol. The quantitative estimate of drug-likeness (QED) is 0.797. The lowest BCUT2D eigenvalue weighted by Gasteiger charge is -2.21. The Morgan fingerprint density at radius 2 is 1.93 bits per heavy atom. The molecule has 2 heteroatoms. The monoisotopic (exact) mass is 193 g/mol. The van der Waals surface area contributed by atoms with E-state index in [-0.39, 0.29) is 0 Å². The van der Waals surface area contributed by atoms with Crippen LogP contribution in [0.3, 0.4) is 0 Å². The van der Waals surface area contributed by atoms with Crippen LogP contribution in [0.4, 0.5) is 0 Å². The highest BCUT2D eigenvalue weighted by Gasteiger charge is 2.17. The molecule has 1 unspecified atom stereocenters. The summed E-state index contributed by atoms with van der Waals surface area (Å²) in [6, 6.07) is 8.09. The summed E-state index contributed by atoms with van der Waals surface area (Å²) >= 11 is 0. The van der Waals surface area contributed by atoms with Gasteiger partial charge in [-0.3, -0.25) is 0 Å². The Bertz CT molecular complexity index is 283. The molecule has 1 aromatic carbocycles. The largest absolute Gasteiger partial charge is 0.496 e. The fraction of sp³-hybridized carbons (Fsp3) is 0.500.